The molecule has 0 heterocycles. The van der Waals surface area contributed by atoms with Crippen molar-refractivity contribution in [1.29, 1.82) is 0 Å². The zero-order valence-electron chi connectivity index (χ0n) is 9.19. The normalized spacial score (nSPS) is 11.8. The van der Waals surface area contributed by atoms with Crippen molar-refractivity contribution in [3.05, 3.63) is 33.8 Å². The molecule has 3 heteroatoms. The van der Waals surface area contributed by atoms with Crippen LogP contribution in [-0.4, -0.2) is 6.54 Å². The fourth-order valence-corrected chi connectivity index (χ4v) is 2.80. The van der Waals surface area contributed by atoms with Crippen LogP contribution in [0.4, 0.5) is 0 Å². The van der Waals surface area contributed by atoms with E-state index in [1.54, 1.807) is 0 Å². The van der Waals surface area contributed by atoms with Crippen molar-refractivity contribution in [2.45, 2.75) is 32.1 Å². The molecule has 0 unspecified atom stereocenters. The smallest absolute Gasteiger partial charge is 0.0459 e. The van der Waals surface area contributed by atoms with Crippen molar-refractivity contribution >= 4 is 23.2 Å². The Morgan fingerprint density at radius 2 is 1.60 bits per heavy atom. The lowest BCUT2D eigenvalue weighted by Gasteiger charge is -2.32. The second kappa shape index (κ2) is 5.20. The SMILES string of the molecule is CCC(CC)(CN)c1c(Cl)cccc1Cl. The Morgan fingerprint density at radius 3 is 1.93 bits per heavy atom. The number of halogens is 2. The molecule has 0 aliphatic carbocycles. The first-order valence-corrected chi connectivity index (χ1v) is 6.01. The highest BCUT2D eigenvalue weighted by atomic mass is 35.5. The Labute approximate surface area is 102 Å². The van der Waals surface area contributed by atoms with Gasteiger partial charge in [0.2, 0.25) is 0 Å². The van der Waals surface area contributed by atoms with Crippen LogP contribution in [0.5, 0.6) is 0 Å². The number of hydrogen-bond acceptors (Lipinski definition) is 1. The van der Waals surface area contributed by atoms with E-state index in [9.17, 15) is 0 Å². The molecule has 2 N–H and O–H groups in total. The topological polar surface area (TPSA) is 26.0 Å². The molecule has 0 aliphatic heterocycles. The summed E-state index contributed by atoms with van der Waals surface area (Å²) in [4.78, 5) is 0. The van der Waals surface area contributed by atoms with Crippen LogP contribution < -0.4 is 5.73 Å². The van der Waals surface area contributed by atoms with Crippen molar-refractivity contribution in [1.82, 2.24) is 0 Å². The zero-order valence-corrected chi connectivity index (χ0v) is 10.7. The summed E-state index contributed by atoms with van der Waals surface area (Å²) < 4.78 is 0. The summed E-state index contributed by atoms with van der Waals surface area (Å²) in [6.07, 6.45) is 1.90. The number of hydrogen-bond donors (Lipinski definition) is 1. The van der Waals surface area contributed by atoms with Gasteiger partial charge in [0.25, 0.3) is 0 Å². The molecule has 0 saturated heterocycles. The Bertz CT molecular complexity index is 304. The van der Waals surface area contributed by atoms with E-state index in [0.29, 0.717) is 6.54 Å². The monoisotopic (exact) mass is 245 g/mol. The standard InChI is InChI=1S/C12H17Cl2N/c1-3-12(4-2,8-15)11-9(13)6-5-7-10(11)14/h5-7H,3-4,8,15H2,1-2H3. The third-order valence-electron chi connectivity index (χ3n) is 3.24. The summed E-state index contributed by atoms with van der Waals surface area (Å²) in [6, 6.07) is 5.61. The molecule has 1 rings (SSSR count). The van der Waals surface area contributed by atoms with E-state index in [1.165, 1.54) is 0 Å². The molecule has 0 aromatic heterocycles. The minimum Gasteiger partial charge on any atom is -0.330 e. The molecule has 0 bridgehead atoms. The maximum atomic E-state index is 6.21. The van der Waals surface area contributed by atoms with E-state index in [1.807, 2.05) is 18.2 Å². The third-order valence-corrected chi connectivity index (χ3v) is 3.87. The Hall–Kier alpha value is -0.240. The molecule has 84 valence electrons. The minimum atomic E-state index is -0.0879. The molecule has 0 saturated carbocycles. The molecule has 1 aromatic carbocycles. The van der Waals surface area contributed by atoms with Gasteiger partial charge in [-0.05, 0) is 30.5 Å². The molecule has 0 aliphatic rings. The summed E-state index contributed by atoms with van der Waals surface area (Å²) >= 11 is 12.4. The van der Waals surface area contributed by atoms with Gasteiger partial charge in [0.1, 0.15) is 0 Å². The number of nitrogens with two attached hydrogens (primary N) is 1. The van der Waals surface area contributed by atoms with Crippen molar-refractivity contribution in [3.63, 3.8) is 0 Å². The van der Waals surface area contributed by atoms with Gasteiger partial charge in [0, 0.05) is 22.0 Å². The maximum Gasteiger partial charge on any atom is 0.0459 e. The van der Waals surface area contributed by atoms with E-state index in [0.717, 1.165) is 28.5 Å². The van der Waals surface area contributed by atoms with Crippen molar-refractivity contribution < 1.29 is 0 Å². The maximum absolute atomic E-state index is 6.21. The van der Waals surface area contributed by atoms with E-state index in [2.05, 4.69) is 13.8 Å². The van der Waals surface area contributed by atoms with Gasteiger partial charge in [-0.1, -0.05) is 43.1 Å². The molecule has 0 amide bonds. The van der Waals surface area contributed by atoms with Crippen LogP contribution in [0.3, 0.4) is 0 Å². The highest BCUT2D eigenvalue weighted by molar-refractivity contribution is 6.36. The van der Waals surface area contributed by atoms with Gasteiger partial charge >= 0.3 is 0 Å². The van der Waals surface area contributed by atoms with Gasteiger partial charge in [0.05, 0.1) is 0 Å². The van der Waals surface area contributed by atoms with Crippen molar-refractivity contribution in [3.8, 4) is 0 Å². The van der Waals surface area contributed by atoms with Crippen LogP contribution in [0.1, 0.15) is 32.3 Å². The zero-order chi connectivity index (χ0) is 11.5. The third kappa shape index (κ3) is 2.30. The van der Waals surface area contributed by atoms with E-state index >= 15 is 0 Å². The second-order valence-corrected chi connectivity index (χ2v) is 4.60. The van der Waals surface area contributed by atoms with Crippen LogP contribution in [0, 0.1) is 0 Å². The first kappa shape index (κ1) is 12.8. The summed E-state index contributed by atoms with van der Waals surface area (Å²) in [6.45, 7) is 4.81. The van der Waals surface area contributed by atoms with Crippen molar-refractivity contribution in [2.75, 3.05) is 6.54 Å². The molecule has 0 radical (unpaired) electrons. The average molecular weight is 246 g/mol. The molecule has 0 spiro atoms. The van der Waals surface area contributed by atoms with Gasteiger partial charge in [0.15, 0.2) is 0 Å². The molecular formula is C12H17Cl2N. The summed E-state index contributed by atoms with van der Waals surface area (Å²) in [5.74, 6) is 0. The predicted molar refractivity (Wildman–Crippen MR) is 67.8 cm³/mol. The fourth-order valence-electron chi connectivity index (χ4n) is 2.00. The predicted octanol–water partition coefficient (Wildman–Crippen LogP) is 4.01. The van der Waals surface area contributed by atoms with E-state index in [4.69, 9.17) is 28.9 Å². The molecule has 15 heavy (non-hydrogen) atoms. The van der Waals surface area contributed by atoms with Gasteiger partial charge in [-0.3, -0.25) is 0 Å². The Balaban J connectivity index is 3.34. The average Bonchev–Trinajstić information content (AvgIpc) is 2.24. The largest absolute Gasteiger partial charge is 0.330 e. The van der Waals surface area contributed by atoms with Gasteiger partial charge in [-0.15, -0.1) is 0 Å². The van der Waals surface area contributed by atoms with Crippen molar-refractivity contribution in [2.24, 2.45) is 5.73 Å². The van der Waals surface area contributed by atoms with E-state index in [-0.39, 0.29) is 5.41 Å². The van der Waals surface area contributed by atoms with Crippen LogP contribution in [0.2, 0.25) is 10.0 Å². The summed E-state index contributed by atoms with van der Waals surface area (Å²) in [5.41, 5.74) is 6.79. The van der Waals surface area contributed by atoms with Crippen LogP contribution >= 0.6 is 23.2 Å². The number of benzene rings is 1. The second-order valence-electron chi connectivity index (χ2n) is 3.79. The lowest BCUT2D eigenvalue weighted by molar-refractivity contribution is 0.407. The van der Waals surface area contributed by atoms with Gasteiger partial charge in [-0.25, -0.2) is 0 Å². The Morgan fingerprint density at radius 1 is 1.13 bits per heavy atom. The van der Waals surface area contributed by atoms with E-state index < -0.39 is 0 Å². The van der Waals surface area contributed by atoms with Gasteiger partial charge < -0.3 is 5.73 Å². The molecule has 0 fully saturated rings. The minimum absolute atomic E-state index is 0.0879. The quantitative estimate of drug-likeness (QED) is 0.853. The molecule has 1 nitrogen and oxygen atoms in total. The molecule has 0 atom stereocenters. The lowest BCUT2D eigenvalue weighted by atomic mass is 9.76. The first-order valence-electron chi connectivity index (χ1n) is 5.26. The molecule has 1 aromatic rings. The highest BCUT2D eigenvalue weighted by Gasteiger charge is 2.30. The lowest BCUT2D eigenvalue weighted by Crippen LogP contribution is -2.34. The highest BCUT2D eigenvalue weighted by Crippen LogP contribution is 2.39. The van der Waals surface area contributed by atoms with Gasteiger partial charge in [-0.2, -0.15) is 0 Å². The molecular weight excluding hydrogens is 229 g/mol. The van der Waals surface area contributed by atoms with Crippen LogP contribution in [0.25, 0.3) is 0 Å². The van der Waals surface area contributed by atoms with Crippen LogP contribution in [-0.2, 0) is 5.41 Å². The Kier molecular flexibility index (Phi) is 4.45. The summed E-state index contributed by atoms with van der Waals surface area (Å²) in [7, 11) is 0. The fraction of sp³-hybridized carbons (Fsp3) is 0.500. The summed E-state index contributed by atoms with van der Waals surface area (Å²) in [5, 5.41) is 1.44. The first-order chi connectivity index (χ1) is 7.11. The number of rotatable bonds is 4. The van der Waals surface area contributed by atoms with Crippen LogP contribution in [0.15, 0.2) is 18.2 Å².